The van der Waals surface area contributed by atoms with Crippen LogP contribution >= 0.6 is 0 Å². The van der Waals surface area contributed by atoms with Crippen LogP contribution in [0.25, 0.3) is 17.3 Å². The highest BCUT2D eigenvalue weighted by Gasteiger charge is 2.20. The summed E-state index contributed by atoms with van der Waals surface area (Å²) in [5.74, 6) is -2.12. The average Bonchev–Trinajstić information content (AvgIpc) is 2.71. The Morgan fingerprint density at radius 3 is 2.36 bits per heavy atom. The van der Waals surface area contributed by atoms with Crippen LogP contribution in [0, 0.1) is 5.82 Å². The second-order valence-corrected chi connectivity index (χ2v) is 9.79. The van der Waals surface area contributed by atoms with Gasteiger partial charge in [0.05, 0.1) is 35.8 Å². The van der Waals surface area contributed by atoms with Crippen LogP contribution in [-0.2, 0) is 14.8 Å². The molecule has 2 aromatic rings. The highest BCUT2D eigenvalue weighted by molar-refractivity contribution is 7.92. The summed E-state index contributed by atoms with van der Waals surface area (Å²) >= 11 is 0. The third-order valence-corrected chi connectivity index (χ3v) is 5.93. The molecule has 2 atom stereocenters. The largest absolute Gasteiger partial charge is 0.481 e. The third-order valence-electron chi connectivity index (χ3n) is 4.68. The molecule has 180 valence electrons. The summed E-state index contributed by atoms with van der Waals surface area (Å²) in [5.41, 5.74) is 1.77. The molecule has 1 aromatic carbocycles. The molecule has 0 saturated carbocycles. The molecule has 11 heteroatoms. The number of benzene rings is 1. The number of carboxylic acid groups (broad SMARTS) is 1. The van der Waals surface area contributed by atoms with E-state index in [1.54, 1.807) is 0 Å². The molecule has 33 heavy (non-hydrogen) atoms. The molecule has 0 aliphatic carbocycles. The zero-order valence-electron chi connectivity index (χ0n) is 18.6. The van der Waals surface area contributed by atoms with Gasteiger partial charge in [-0.15, -0.1) is 0 Å². The Balaban J connectivity index is 2.56. The van der Waals surface area contributed by atoms with Crippen LogP contribution < -0.4 is 4.72 Å². The first kappa shape index (κ1) is 26.4. The number of halogens is 1. The Morgan fingerprint density at radius 2 is 1.82 bits per heavy atom. The zero-order chi connectivity index (χ0) is 24.8. The number of aliphatic hydroxyl groups is 2. The van der Waals surface area contributed by atoms with Crippen LogP contribution in [0.15, 0.2) is 30.3 Å². The van der Waals surface area contributed by atoms with Gasteiger partial charge in [0.25, 0.3) is 0 Å². The van der Waals surface area contributed by atoms with Crippen molar-refractivity contribution in [2.24, 2.45) is 0 Å². The minimum atomic E-state index is -3.65. The first-order valence-corrected chi connectivity index (χ1v) is 12.0. The maximum absolute atomic E-state index is 13.5. The van der Waals surface area contributed by atoms with Gasteiger partial charge in [0.15, 0.2) is 0 Å². The predicted octanol–water partition coefficient (Wildman–Crippen LogP) is 2.77. The van der Waals surface area contributed by atoms with Gasteiger partial charge in [-0.2, -0.15) is 0 Å². The molecule has 0 fully saturated rings. The molecule has 0 amide bonds. The van der Waals surface area contributed by atoms with E-state index < -0.39 is 40.4 Å². The number of nitrogens with zero attached hydrogens (tertiary/aromatic N) is 2. The quantitative estimate of drug-likeness (QED) is 0.383. The van der Waals surface area contributed by atoms with Crippen molar-refractivity contribution in [3.05, 3.63) is 47.4 Å². The summed E-state index contributed by atoms with van der Waals surface area (Å²) in [5, 5.41) is 28.8. The first-order valence-electron chi connectivity index (χ1n) is 10.4. The van der Waals surface area contributed by atoms with Gasteiger partial charge in [0, 0.05) is 17.5 Å². The number of carbonyl (C=O) groups is 1. The number of aromatic nitrogens is 2. The van der Waals surface area contributed by atoms with Crippen LogP contribution in [-0.4, -0.2) is 57.6 Å². The lowest BCUT2D eigenvalue weighted by atomic mass is 9.97. The van der Waals surface area contributed by atoms with E-state index in [1.807, 2.05) is 13.8 Å². The lowest BCUT2D eigenvalue weighted by Crippen LogP contribution is -2.19. The van der Waals surface area contributed by atoms with E-state index in [1.165, 1.54) is 43.3 Å². The lowest BCUT2D eigenvalue weighted by Gasteiger charge is -2.17. The zero-order valence-corrected chi connectivity index (χ0v) is 19.4. The minimum Gasteiger partial charge on any atom is -0.481 e. The van der Waals surface area contributed by atoms with Gasteiger partial charge < -0.3 is 15.3 Å². The fraction of sp³-hybridized carbons (Fsp3) is 0.409. The van der Waals surface area contributed by atoms with Crippen LogP contribution in [0.1, 0.15) is 50.8 Å². The number of anilines is 1. The van der Waals surface area contributed by atoms with Gasteiger partial charge in [-0.1, -0.05) is 26.0 Å². The lowest BCUT2D eigenvalue weighted by molar-refractivity contribution is -0.139. The van der Waals surface area contributed by atoms with Gasteiger partial charge in [0.1, 0.15) is 5.82 Å². The SMILES string of the molecule is CCS(=O)(=O)Nc1nc(-c2ccc(F)cc2)c(/C=C/[C@@H](O)C[C@@H](O)CC(=O)O)c(C(C)C)n1. The number of aliphatic carboxylic acids is 1. The fourth-order valence-corrected chi connectivity index (χ4v) is 3.54. The van der Waals surface area contributed by atoms with E-state index >= 15 is 0 Å². The Morgan fingerprint density at radius 1 is 1.18 bits per heavy atom. The van der Waals surface area contributed by atoms with Crippen molar-refractivity contribution >= 4 is 28.0 Å². The molecule has 0 unspecified atom stereocenters. The molecule has 0 bridgehead atoms. The predicted molar refractivity (Wildman–Crippen MR) is 123 cm³/mol. The topological polar surface area (TPSA) is 150 Å². The molecule has 9 nitrogen and oxygen atoms in total. The maximum Gasteiger partial charge on any atom is 0.305 e. The Kier molecular flexibility index (Phi) is 9.03. The molecule has 0 saturated heterocycles. The number of carboxylic acids is 1. The van der Waals surface area contributed by atoms with E-state index in [-0.39, 0.29) is 24.0 Å². The number of sulfonamides is 1. The summed E-state index contributed by atoms with van der Waals surface area (Å²) in [6, 6.07) is 5.47. The average molecular weight is 482 g/mol. The van der Waals surface area contributed by atoms with Gasteiger partial charge in [0.2, 0.25) is 16.0 Å². The molecule has 0 spiro atoms. The summed E-state index contributed by atoms with van der Waals surface area (Å²) in [4.78, 5) is 19.4. The number of rotatable bonds is 11. The van der Waals surface area contributed by atoms with Crippen molar-refractivity contribution in [3.8, 4) is 11.3 Å². The van der Waals surface area contributed by atoms with E-state index in [0.29, 0.717) is 22.5 Å². The molecule has 0 aliphatic heterocycles. The van der Waals surface area contributed by atoms with E-state index in [2.05, 4.69) is 14.7 Å². The van der Waals surface area contributed by atoms with Gasteiger partial charge in [-0.25, -0.2) is 22.8 Å². The summed E-state index contributed by atoms with van der Waals surface area (Å²) in [6.45, 7) is 5.17. The standard InChI is InChI=1S/C22H28FN3O6S/c1-4-33(31,32)26-22-24-20(13(2)3)18(10-9-16(27)11-17(28)12-19(29)30)21(25-22)14-5-7-15(23)8-6-14/h5-10,13,16-17,27-28H,4,11-12H2,1-3H3,(H,29,30)(H,24,25,26)/b10-9+/t16-,17-/m1/s1. The van der Waals surface area contributed by atoms with Crippen molar-refractivity contribution in [2.45, 2.75) is 51.7 Å². The monoisotopic (exact) mass is 481 g/mol. The van der Waals surface area contributed by atoms with Crippen molar-refractivity contribution in [2.75, 3.05) is 10.5 Å². The number of nitrogens with one attached hydrogen (secondary N) is 1. The molecular formula is C22H28FN3O6S. The highest BCUT2D eigenvalue weighted by atomic mass is 32.2. The third kappa shape index (κ3) is 7.88. The number of aliphatic hydroxyl groups excluding tert-OH is 2. The van der Waals surface area contributed by atoms with Crippen molar-refractivity contribution in [3.63, 3.8) is 0 Å². The van der Waals surface area contributed by atoms with Crippen LogP contribution in [0.2, 0.25) is 0 Å². The molecular weight excluding hydrogens is 453 g/mol. The van der Waals surface area contributed by atoms with E-state index in [4.69, 9.17) is 5.11 Å². The van der Waals surface area contributed by atoms with Gasteiger partial charge in [-0.05, 0) is 37.1 Å². The van der Waals surface area contributed by atoms with Crippen LogP contribution in [0.3, 0.4) is 0 Å². The normalized spacial score (nSPS) is 13.9. The van der Waals surface area contributed by atoms with Crippen LogP contribution in [0.4, 0.5) is 10.3 Å². The second kappa shape index (κ2) is 11.3. The fourth-order valence-electron chi connectivity index (χ4n) is 3.03. The number of hydrogen-bond donors (Lipinski definition) is 4. The Hall–Kier alpha value is -2.89. The van der Waals surface area contributed by atoms with Gasteiger partial charge in [-0.3, -0.25) is 9.52 Å². The van der Waals surface area contributed by atoms with Gasteiger partial charge >= 0.3 is 5.97 Å². The Bertz CT molecular complexity index is 1100. The smallest absolute Gasteiger partial charge is 0.305 e. The first-order chi connectivity index (χ1) is 15.4. The Labute approximate surface area is 192 Å². The second-order valence-electron chi connectivity index (χ2n) is 7.78. The van der Waals surface area contributed by atoms with Crippen molar-refractivity contribution < 1.29 is 32.9 Å². The van der Waals surface area contributed by atoms with Crippen molar-refractivity contribution in [1.29, 1.82) is 0 Å². The molecule has 4 N–H and O–H groups in total. The molecule has 1 aromatic heterocycles. The highest BCUT2D eigenvalue weighted by Crippen LogP contribution is 2.31. The van der Waals surface area contributed by atoms with Crippen molar-refractivity contribution in [1.82, 2.24) is 9.97 Å². The molecule has 1 heterocycles. The molecule has 2 rings (SSSR count). The summed E-state index contributed by atoms with van der Waals surface area (Å²) < 4.78 is 40.0. The summed E-state index contributed by atoms with van der Waals surface area (Å²) in [7, 11) is -3.65. The summed E-state index contributed by atoms with van der Waals surface area (Å²) in [6.07, 6.45) is -0.175. The van der Waals surface area contributed by atoms with Crippen LogP contribution in [0.5, 0.6) is 0 Å². The number of hydrogen-bond acceptors (Lipinski definition) is 7. The van der Waals surface area contributed by atoms with E-state index in [0.717, 1.165) is 0 Å². The molecule has 0 radical (unpaired) electrons. The molecule has 0 aliphatic rings. The van der Waals surface area contributed by atoms with E-state index in [9.17, 15) is 27.8 Å². The minimum absolute atomic E-state index is 0.130. The maximum atomic E-state index is 13.5.